The highest BCUT2D eigenvalue weighted by Gasteiger charge is 2.16. The first-order chi connectivity index (χ1) is 9.97. The fourth-order valence-electron chi connectivity index (χ4n) is 2.03. The summed E-state index contributed by atoms with van der Waals surface area (Å²) in [5.41, 5.74) is 1.30. The number of amides is 1. The van der Waals surface area contributed by atoms with Crippen LogP contribution < -0.4 is 0 Å². The van der Waals surface area contributed by atoms with Crippen molar-refractivity contribution in [3.63, 3.8) is 0 Å². The molecule has 1 amide bonds. The Bertz CT molecular complexity index is 630. The largest absolute Gasteiger partial charge is 0.478 e. The molecule has 0 aliphatic heterocycles. The van der Waals surface area contributed by atoms with Crippen molar-refractivity contribution in [1.82, 2.24) is 4.90 Å². The second kappa shape index (κ2) is 6.58. The highest BCUT2D eigenvalue weighted by Crippen LogP contribution is 2.16. The molecule has 0 unspecified atom stereocenters. The molecule has 0 aliphatic carbocycles. The number of carboxylic acid groups (broad SMARTS) is 1. The van der Waals surface area contributed by atoms with Gasteiger partial charge in [0, 0.05) is 13.5 Å². The molecule has 0 radical (unpaired) electrons. The first kappa shape index (κ1) is 15.3. The summed E-state index contributed by atoms with van der Waals surface area (Å²) in [5, 5.41) is 13.0. The standard InChI is InChI=1S/C15H17NO4S/c1-10-13(15(18)19)7-12(20-10)8-16(2)14(17)4-3-11-5-6-21-9-11/h5-7,9H,3-4,8H2,1-2H3,(H,18,19). The molecule has 0 bridgehead atoms. The van der Waals surface area contributed by atoms with Crippen LogP contribution in [0.3, 0.4) is 0 Å². The summed E-state index contributed by atoms with van der Waals surface area (Å²) in [6, 6.07) is 3.48. The fraction of sp³-hybridized carbons (Fsp3) is 0.333. The van der Waals surface area contributed by atoms with Crippen molar-refractivity contribution in [2.24, 2.45) is 0 Å². The van der Waals surface area contributed by atoms with Gasteiger partial charge in [-0.2, -0.15) is 11.3 Å². The van der Waals surface area contributed by atoms with E-state index in [9.17, 15) is 9.59 Å². The number of furan rings is 1. The van der Waals surface area contributed by atoms with E-state index in [2.05, 4.69) is 0 Å². The molecule has 1 N–H and O–H groups in total. The van der Waals surface area contributed by atoms with Gasteiger partial charge in [0.1, 0.15) is 17.1 Å². The third kappa shape index (κ3) is 3.95. The molecule has 2 aromatic rings. The molecule has 0 fully saturated rings. The molecule has 2 rings (SSSR count). The Balaban J connectivity index is 1.91. The van der Waals surface area contributed by atoms with Crippen LogP contribution in [-0.2, 0) is 17.8 Å². The molecule has 0 aliphatic rings. The summed E-state index contributed by atoms with van der Waals surface area (Å²) in [5.74, 6) is -0.172. The molecule has 5 nitrogen and oxygen atoms in total. The molecule has 0 spiro atoms. The van der Waals surface area contributed by atoms with Crippen LogP contribution in [0.15, 0.2) is 27.3 Å². The minimum Gasteiger partial charge on any atom is -0.478 e. The lowest BCUT2D eigenvalue weighted by atomic mass is 10.2. The van der Waals surface area contributed by atoms with Crippen molar-refractivity contribution in [3.8, 4) is 0 Å². The highest BCUT2D eigenvalue weighted by atomic mass is 32.1. The Hall–Kier alpha value is -2.08. The number of hydrogen-bond acceptors (Lipinski definition) is 4. The maximum absolute atomic E-state index is 12.0. The van der Waals surface area contributed by atoms with Gasteiger partial charge < -0.3 is 14.4 Å². The van der Waals surface area contributed by atoms with Gasteiger partial charge in [0.2, 0.25) is 5.91 Å². The molecular weight excluding hydrogens is 290 g/mol. The van der Waals surface area contributed by atoms with Gasteiger partial charge in [-0.05, 0) is 41.8 Å². The first-order valence-corrected chi connectivity index (χ1v) is 7.49. The van der Waals surface area contributed by atoms with Gasteiger partial charge >= 0.3 is 5.97 Å². The molecule has 6 heteroatoms. The topological polar surface area (TPSA) is 70.8 Å². The van der Waals surface area contributed by atoms with E-state index in [1.165, 1.54) is 6.07 Å². The van der Waals surface area contributed by atoms with Gasteiger partial charge in [0.25, 0.3) is 0 Å². The molecule has 2 heterocycles. The predicted molar refractivity (Wildman–Crippen MR) is 79.5 cm³/mol. The van der Waals surface area contributed by atoms with Crippen LogP contribution in [0.25, 0.3) is 0 Å². The van der Waals surface area contributed by atoms with Gasteiger partial charge in [-0.25, -0.2) is 4.79 Å². The second-order valence-electron chi connectivity index (χ2n) is 4.87. The monoisotopic (exact) mass is 307 g/mol. The van der Waals surface area contributed by atoms with Crippen molar-refractivity contribution < 1.29 is 19.1 Å². The lowest BCUT2D eigenvalue weighted by molar-refractivity contribution is -0.130. The van der Waals surface area contributed by atoms with E-state index in [1.807, 2.05) is 16.8 Å². The minimum atomic E-state index is -1.02. The summed E-state index contributed by atoms with van der Waals surface area (Å²) < 4.78 is 5.37. The van der Waals surface area contributed by atoms with Gasteiger partial charge in [0.15, 0.2) is 0 Å². The van der Waals surface area contributed by atoms with Crippen molar-refractivity contribution >= 4 is 23.2 Å². The maximum Gasteiger partial charge on any atom is 0.339 e. The third-order valence-electron chi connectivity index (χ3n) is 3.23. The van der Waals surface area contributed by atoms with Crippen LogP contribution in [0.2, 0.25) is 0 Å². The average molecular weight is 307 g/mol. The number of carboxylic acids is 1. The van der Waals surface area contributed by atoms with E-state index in [1.54, 1.807) is 30.2 Å². The van der Waals surface area contributed by atoms with Crippen molar-refractivity contribution in [2.75, 3.05) is 7.05 Å². The van der Waals surface area contributed by atoms with Crippen LogP contribution >= 0.6 is 11.3 Å². The lowest BCUT2D eigenvalue weighted by Crippen LogP contribution is -2.26. The summed E-state index contributed by atoms with van der Waals surface area (Å²) in [4.78, 5) is 24.5. The van der Waals surface area contributed by atoms with E-state index in [0.717, 1.165) is 5.56 Å². The fourth-order valence-corrected chi connectivity index (χ4v) is 2.74. The zero-order valence-electron chi connectivity index (χ0n) is 12.0. The second-order valence-corrected chi connectivity index (χ2v) is 5.65. The van der Waals surface area contributed by atoms with Crippen LogP contribution in [0.4, 0.5) is 0 Å². The maximum atomic E-state index is 12.0. The molecule has 0 saturated heterocycles. The smallest absolute Gasteiger partial charge is 0.339 e. The summed E-state index contributed by atoms with van der Waals surface area (Å²) in [6.45, 7) is 1.88. The molecule has 0 saturated carbocycles. The van der Waals surface area contributed by atoms with Crippen molar-refractivity contribution in [1.29, 1.82) is 0 Å². The van der Waals surface area contributed by atoms with Gasteiger partial charge in [-0.3, -0.25) is 4.79 Å². The zero-order valence-corrected chi connectivity index (χ0v) is 12.8. The van der Waals surface area contributed by atoms with E-state index >= 15 is 0 Å². The number of thiophene rings is 1. The minimum absolute atomic E-state index is 0.00660. The van der Waals surface area contributed by atoms with Gasteiger partial charge in [0.05, 0.1) is 6.54 Å². The molecule has 0 atom stereocenters. The molecule has 112 valence electrons. The van der Waals surface area contributed by atoms with Crippen LogP contribution in [0.1, 0.15) is 33.9 Å². The number of aryl methyl sites for hydroxylation is 2. The van der Waals surface area contributed by atoms with Crippen molar-refractivity contribution in [2.45, 2.75) is 26.3 Å². The van der Waals surface area contributed by atoms with Gasteiger partial charge in [-0.15, -0.1) is 0 Å². The Morgan fingerprint density at radius 3 is 2.76 bits per heavy atom. The number of nitrogens with zero attached hydrogens (tertiary/aromatic N) is 1. The van der Waals surface area contributed by atoms with Crippen LogP contribution in [-0.4, -0.2) is 28.9 Å². The number of rotatable bonds is 6. The average Bonchev–Trinajstić information content (AvgIpc) is 3.05. The number of carbonyl (C=O) groups excluding carboxylic acids is 1. The first-order valence-electron chi connectivity index (χ1n) is 6.55. The number of hydrogen-bond donors (Lipinski definition) is 1. The van der Waals surface area contributed by atoms with Gasteiger partial charge in [-0.1, -0.05) is 0 Å². The molecule has 21 heavy (non-hydrogen) atoms. The number of aromatic carboxylic acids is 1. The van der Waals surface area contributed by atoms with Crippen LogP contribution in [0.5, 0.6) is 0 Å². The van der Waals surface area contributed by atoms with E-state index in [0.29, 0.717) is 24.4 Å². The normalized spacial score (nSPS) is 10.6. The SMILES string of the molecule is Cc1oc(CN(C)C(=O)CCc2ccsc2)cc1C(=O)O. The number of carbonyl (C=O) groups is 2. The van der Waals surface area contributed by atoms with Crippen molar-refractivity contribution in [3.05, 3.63) is 45.5 Å². The molecule has 0 aromatic carbocycles. The Labute approximate surface area is 126 Å². The van der Waals surface area contributed by atoms with Crippen LogP contribution in [0, 0.1) is 6.92 Å². The quantitative estimate of drug-likeness (QED) is 0.890. The predicted octanol–water partition coefficient (Wildman–Crippen LogP) is 2.94. The summed E-state index contributed by atoms with van der Waals surface area (Å²) in [7, 11) is 1.69. The highest BCUT2D eigenvalue weighted by molar-refractivity contribution is 7.07. The zero-order chi connectivity index (χ0) is 15.4. The Kier molecular flexibility index (Phi) is 4.80. The van der Waals surface area contributed by atoms with E-state index < -0.39 is 5.97 Å². The van der Waals surface area contributed by atoms with E-state index in [-0.39, 0.29) is 18.0 Å². The third-order valence-corrected chi connectivity index (χ3v) is 3.96. The Morgan fingerprint density at radius 1 is 1.43 bits per heavy atom. The van der Waals surface area contributed by atoms with E-state index in [4.69, 9.17) is 9.52 Å². The Morgan fingerprint density at radius 2 is 2.19 bits per heavy atom. The summed E-state index contributed by atoms with van der Waals surface area (Å²) >= 11 is 1.61. The molecule has 2 aromatic heterocycles. The molecular formula is C15H17NO4S. The lowest BCUT2D eigenvalue weighted by Gasteiger charge is -2.15. The summed E-state index contributed by atoms with van der Waals surface area (Å²) in [6.07, 6.45) is 1.14.